The molecule has 0 atom stereocenters. The van der Waals surface area contributed by atoms with Crippen molar-refractivity contribution in [2.75, 3.05) is 37.7 Å². The van der Waals surface area contributed by atoms with Gasteiger partial charge in [0, 0.05) is 13.7 Å². The van der Waals surface area contributed by atoms with Gasteiger partial charge in [-0.15, -0.1) is 0 Å². The summed E-state index contributed by atoms with van der Waals surface area (Å²) in [5.41, 5.74) is 0.410. The van der Waals surface area contributed by atoms with Crippen molar-refractivity contribution in [3.63, 3.8) is 0 Å². The Morgan fingerprint density at radius 3 is 2.33 bits per heavy atom. The predicted octanol–water partition coefficient (Wildman–Crippen LogP) is 2.04. The van der Waals surface area contributed by atoms with Gasteiger partial charge in [0.05, 0.1) is 23.8 Å². The average molecular weight is 392 g/mol. The Balaban J connectivity index is 2.29. The molecule has 8 heteroatoms. The van der Waals surface area contributed by atoms with Gasteiger partial charge in [-0.25, -0.2) is 8.42 Å². The summed E-state index contributed by atoms with van der Waals surface area (Å²) in [7, 11) is -2.40. The second-order valence-electron chi connectivity index (χ2n) is 5.59. The Kier molecular flexibility index (Phi) is 7.63. The topological polar surface area (TPSA) is 84.9 Å². The van der Waals surface area contributed by atoms with Gasteiger partial charge in [-0.1, -0.05) is 18.2 Å². The number of benzene rings is 2. The van der Waals surface area contributed by atoms with Crippen LogP contribution in [0.25, 0.3) is 0 Å². The maximum Gasteiger partial charge on any atom is 0.264 e. The van der Waals surface area contributed by atoms with Gasteiger partial charge in [-0.2, -0.15) is 0 Å². The number of rotatable bonds is 10. The number of ether oxygens (including phenoxy) is 2. The van der Waals surface area contributed by atoms with E-state index in [4.69, 9.17) is 9.47 Å². The molecule has 0 aliphatic rings. The SMILES string of the molecule is CCOc1ccc(S(=O)(=O)N(CC(=O)NCCOC)c2ccccc2)cc1. The third-order valence-electron chi connectivity index (χ3n) is 3.68. The molecule has 1 amide bonds. The van der Waals surface area contributed by atoms with E-state index in [1.807, 2.05) is 6.92 Å². The highest BCUT2D eigenvalue weighted by molar-refractivity contribution is 7.92. The second kappa shape index (κ2) is 9.94. The van der Waals surface area contributed by atoms with E-state index in [-0.39, 0.29) is 11.4 Å². The van der Waals surface area contributed by atoms with Gasteiger partial charge in [0.2, 0.25) is 5.91 Å². The monoisotopic (exact) mass is 392 g/mol. The molecular formula is C19H24N2O5S. The van der Waals surface area contributed by atoms with Gasteiger partial charge in [-0.05, 0) is 43.3 Å². The van der Waals surface area contributed by atoms with E-state index in [0.717, 1.165) is 4.31 Å². The first-order valence-corrected chi connectivity index (χ1v) is 9.99. The molecule has 0 aliphatic carbocycles. The lowest BCUT2D eigenvalue weighted by atomic mass is 10.3. The number of carbonyl (C=O) groups is 1. The van der Waals surface area contributed by atoms with Crippen LogP contribution in [0.4, 0.5) is 5.69 Å². The molecule has 1 N–H and O–H groups in total. The van der Waals surface area contributed by atoms with Crippen LogP contribution in [0.5, 0.6) is 5.75 Å². The van der Waals surface area contributed by atoms with Gasteiger partial charge < -0.3 is 14.8 Å². The molecule has 0 fully saturated rings. The molecule has 0 saturated heterocycles. The number of sulfonamides is 1. The van der Waals surface area contributed by atoms with Crippen molar-refractivity contribution in [1.82, 2.24) is 5.32 Å². The molecule has 2 aromatic rings. The molecule has 0 spiro atoms. The normalized spacial score (nSPS) is 11.0. The number of methoxy groups -OCH3 is 1. The molecule has 0 unspecified atom stereocenters. The Bertz CT molecular complexity index is 823. The number of nitrogens with zero attached hydrogens (tertiary/aromatic N) is 1. The summed E-state index contributed by atoms with van der Waals surface area (Å²) in [5, 5.41) is 2.64. The molecule has 7 nitrogen and oxygen atoms in total. The molecule has 2 rings (SSSR count). The number of hydrogen-bond acceptors (Lipinski definition) is 5. The maximum atomic E-state index is 13.1. The smallest absolute Gasteiger partial charge is 0.264 e. The van der Waals surface area contributed by atoms with Crippen molar-refractivity contribution in [3.8, 4) is 5.75 Å². The molecule has 0 radical (unpaired) electrons. The lowest BCUT2D eigenvalue weighted by Crippen LogP contribution is -2.41. The number of amides is 1. The molecule has 0 aliphatic heterocycles. The van der Waals surface area contributed by atoms with Crippen LogP contribution >= 0.6 is 0 Å². The molecule has 2 aromatic carbocycles. The summed E-state index contributed by atoms with van der Waals surface area (Å²) >= 11 is 0. The first kappa shape index (κ1) is 20.7. The molecule has 0 aromatic heterocycles. The van der Waals surface area contributed by atoms with Crippen molar-refractivity contribution in [2.45, 2.75) is 11.8 Å². The second-order valence-corrected chi connectivity index (χ2v) is 7.46. The Morgan fingerprint density at radius 1 is 1.07 bits per heavy atom. The van der Waals surface area contributed by atoms with Crippen LogP contribution in [-0.4, -0.2) is 47.7 Å². The van der Waals surface area contributed by atoms with Crippen LogP contribution in [0, 0.1) is 0 Å². The zero-order chi connectivity index (χ0) is 19.7. The minimum Gasteiger partial charge on any atom is -0.494 e. The van der Waals surface area contributed by atoms with E-state index in [0.29, 0.717) is 31.2 Å². The Hall–Kier alpha value is -2.58. The zero-order valence-electron chi connectivity index (χ0n) is 15.4. The van der Waals surface area contributed by atoms with Crippen LogP contribution in [0.2, 0.25) is 0 Å². The first-order chi connectivity index (χ1) is 13.0. The lowest BCUT2D eigenvalue weighted by Gasteiger charge is -2.24. The van der Waals surface area contributed by atoms with Crippen molar-refractivity contribution < 1.29 is 22.7 Å². The fraction of sp³-hybridized carbons (Fsp3) is 0.316. The maximum absolute atomic E-state index is 13.1. The Labute approximate surface area is 160 Å². The van der Waals surface area contributed by atoms with Gasteiger partial charge in [0.25, 0.3) is 10.0 Å². The number of carbonyl (C=O) groups excluding carboxylic acids is 1. The molecule has 0 bridgehead atoms. The standard InChI is InChI=1S/C19H24N2O5S/c1-3-26-17-9-11-18(12-10-17)27(23,24)21(16-7-5-4-6-8-16)15-19(22)20-13-14-25-2/h4-12H,3,13-15H2,1-2H3,(H,20,22). The molecule has 0 heterocycles. The summed E-state index contributed by atoms with van der Waals surface area (Å²) in [6.45, 7) is 2.67. The van der Waals surface area contributed by atoms with Crippen molar-refractivity contribution in [1.29, 1.82) is 0 Å². The van der Waals surface area contributed by atoms with Gasteiger partial charge >= 0.3 is 0 Å². The summed E-state index contributed by atoms with van der Waals surface area (Å²) in [4.78, 5) is 12.3. The van der Waals surface area contributed by atoms with Crippen LogP contribution in [0.1, 0.15) is 6.92 Å². The summed E-state index contributed by atoms with van der Waals surface area (Å²) in [5.74, 6) is 0.172. The fourth-order valence-corrected chi connectivity index (χ4v) is 3.81. The van der Waals surface area contributed by atoms with Gasteiger partial charge in [-0.3, -0.25) is 9.10 Å². The molecule has 0 saturated carbocycles. The van der Waals surface area contributed by atoms with Crippen molar-refractivity contribution >= 4 is 21.6 Å². The van der Waals surface area contributed by atoms with Crippen LogP contribution < -0.4 is 14.4 Å². The fourth-order valence-electron chi connectivity index (χ4n) is 2.39. The van der Waals surface area contributed by atoms with Crippen molar-refractivity contribution in [2.24, 2.45) is 0 Å². The number of anilines is 1. The molecule has 146 valence electrons. The van der Waals surface area contributed by atoms with E-state index in [1.165, 1.54) is 19.2 Å². The highest BCUT2D eigenvalue weighted by Gasteiger charge is 2.27. The van der Waals surface area contributed by atoms with E-state index < -0.39 is 15.9 Å². The predicted molar refractivity (Wildman–Crippen MR) is 103 cm³/mol. The average Bonchev–Trinajstić information content (AvgIpc) is 2.67. The molecular weight excluding hydrogens is 368 g/mol. The quantitative estimate of drug-likeness (QED) is 0.626. The van der Waals surface area contributed by atoms with Crippen molar-refractivity contribution in [3.05, 3.63) is 54.6 Å². The largest absolute Gasteiger partial charge is 0.494 e. The minimum absolute atomic E-state index is 0.0829. The molecule has 27 heavy (non-hydrogen) atoms. The number of hydrogen-bond donors (Lipinski definition) is 1. The third-order valence-corrected chi connectivity index (χ3v) is 5.47. The lowest BCUT2D eigenvalue weighted by molar-refractivity contribution is -0.119. The minimum atomic E-state index is -3.93. The van der Waals surface area contributed by atoms with E-state index in [9.17, 15) is 13.2 Å². The van der Waals surface area contributed by atoms with E-state index >= 15 is 0 Å². The van der Waals surface area contributed by atoms with E-state index in [1.54, 1.807) is 42.5 Å². The highest BCUT2D eigenvalue weighted by atomic mass is 32.2. The summed E-state index contributed by atoms with van der Waals surface area (Å²) in [6.07, 6.45) is 0. The zero-order valence-corrected chi connectivity index (χ0v) is 16.2. The van der Waals surface area contributed by atoms with E-state index in [2.05, 4.69) is 5.32 Å². The number of para-hydroxylation sites is 1. The van der Waals surface area contributed by atoms with Crippen LogP contribution in [-0.2, 0) is 19.6 Å². The highest BCUT2D eigenvalue weighted by Crippen LogP contribution is 2.24. The first-order valence-electron chi connectivity index (χ1n) is 8.55. The number of nitrogens with one attached hydrogen (secondary N) is 1. The van der Waals surface area contributed by atoms with Gasteiger partial charge in [0.1, 0.15) is 12.3 Å². The van der Waals surface area contributed by atoms with Gasteiger partial charge in [0.15, 0.2) is 0 Å². The van der Waals surface area contributed by atoms with Crippen LogP contribution in [0.15, 0.2) is 59.5 Å². The van der Waals surface area contributed by atoms with Crippen LogP contribution in [0.3, 0.4) is 0 Å². The summed E-state index contributed by atoms with van der Waals surface area (Å²) < 4.78 is 37.6. The summed E-state index contributed by atoms with van der Waals surface area (Å²) in [6, 6.07) is 14.7. The third kappa shape index (κ3) is 5.70. The Morgan fingerprint density at radius 2 is 1.74 bits per heavy atom.